The van der Waals surface area contributed by atoms with E-state index >= 15 is 0 Å². The maximum absolute atomic E-state index is 14.0. The van der Waals surface area contributed by atoms with E-state index in [-0.39, 0.29) is 52.1 Å². The van der Waals surface area contributed by atoms with E-state index in [0.29, 0.717) is 67.1 Å². The number of imidazole rings is 2. The van der Waals surface area contributed by atoms with E-state index in [0.717, 1.165) is 17.9 Å². The molecule has 0 bridgehead atoms. The first-order chi connectivity index (χ1) is 25.8. The van der Waals surface area contributed by atoms with Crippen LogP contribution in [0, 0.1) is 10.8 Å². The van der Waals surface area contributed by atoms with Gasteiger partial charge in [-0.3, -0.25) is 19.2 Å². The Morgan fingerprint density at radius 2 is 0.815 bits per heavy atom. The van der Waals surface area contributed by atoms with E-state index in [1.807, 2.05) is 24.3 Å². The van der Waals surface area contributed by atoms with Crippen LogP contribution >= 0.6 is 63.7 Å². The number of ether oxygens (including phenoxy) is 4. The zero-order valence-electron chi connectivity index (χ0n) is 29.6. The number of halogens is 4. The minimum atomic E-state index is -1.73. The molecule has 2 heterocycles. The van der Waals surface area contributed by atoms with E-state index < -0.39 is 34.7 Å². The van der Waals surface area contributed by atoms with Crippen molar-refractivity contribution in [1.29, 1.82) is 0 Å². The summed E-state index contributed by atoms with van der Waals surface area (Å²) in [4.78, 5) is 73.1. The van der Waals surface area contributed by atoms with Crippen molar-refractivity contribution < 1.29 is 38.1 Å². The third-order valence-electron chi connectivity index (χ3n) is 10.0. The summed E-state index contributed by atoms with van der Waals surface area (Å²) in [7, 11) is 0. The van der Waals surface area contributed by atoms with E-state index in [9.17, 15) is 19.2 Å². The van der Waals surface area contributed by atoms with Crippen LogP contribution in [0.4, 0.5) is 0 Å². The van der Waals surface area contributed by atoms with Gasteiger partial charge in [-0.2, -0.15) is 0 Å². The fraction of sp³-hybridized carbons (Fsp3) is 0.368. The lowest BCUT2D eigenvalue weighted by Crippen LogP contribution is -2.43. The molecule has 12 nitrogen and oxygen atoms in total. The molecule has 16 heteroatoms. The minimum Gasteiger partial charge on any atom is -0.465 e. The molecule has 2 aliphatic carbocycles. The SMILES string of the molecule is CCOC(=O)C1(C(=O)OCC)Cc2c(c(-c3nc4cc(Br)c(Br)cc4[nH]3)c3c(c2-c2nc4cc(Br)c(Br)cc4[nH]2)CC(C(=O)OCC)(C(=O)OCC)C3)C1. The topological polar surface area (TPSA) is 163 Å². The zero-order chi connectivity index (χ0) is 38.7. The number of aromatic nitrogens is 4. The highest BCUT2D eigenvalue weighted by Crippen LogP contribution is 2.55. The first kappa shape index (κ1) is 38.7. The number of fused-ring (bicyclic) bond motifs is 4. The highest BCUT2D eigenvalue weighted by Gasteiger charge is 2.59. The summed E-state index contributed by atoms with van der Waals surface area (Å²) in [5, 5.41) is 0. The predicted octanol–water partition coefficient (Wildman–Crippen LogP) is 8.25. The fourth-order valence-corrected chi connectivity index (χ4v) is 9.07. The number of hydrogen-bond acceptors (Lipinski definition) is 10. The third-order valence-corrected chi connectivity index (χ3v) is 13.7. The summed E-state index contributed by atoms with van der Waals surface area (Å²) in [6.45, 7) is 6.94. The summed E-state index contributed by atoms with van der Waals surface area (Å²) in [6, 6.07) is 7.50. The number of benzene rings is 3. The Bertz CT molecular complexity index is 2080. The van der Waals surface area contributed by atoms with Crippen molar-refractivity contribution >= 4 is 110 Å². The molecule has 5 aromatic rings. The molecule has 0 spiro atoms. The standard InChI is InChI=1S/C38H34Br4N4O8/c1-5-51-33(47)37(34(48)52-6-2)13-17-18(14-37)30(32-45-27-11-23(41)24(42)12-28(27)46-32)20-16-38(35(49)53-7-3,36(50)54-8-4)15-19(20)29(17)31-43-25-9-21(39)22(40)10-26(25)44-31/h9-12H,5-8,13-16H2,1-4H3,(H,43,44)(H,45,46). The number of esters is 4. The molecular formula is C38H34Br4N4O8. The van der Waals surface area contributed by atoms with E-state index in [4.69, 9.17) is 28.9 Å². The molecule has 3 aromatic carbocycles. The lowest BCUT2D eigenvalue weighted by molar-refractivity contribution is -0.172. The first-order valence-electron chi connectivity index (χ1n) is 17.4. The second kappa shape index (κ2) is 14.8. The smallest absolute Gasteiger partial charge is 0.324 e. The number of carbonyl (C=O) groups excluding carboxylic acids is 4. The monoisotopic (exact) mass is 990 g/mol. The van der Waals surface area contributed by atoms with Crippen molar-refractivity contribution in [2.45, 2.75) is 53.4 Å². The Morgan fingerprint density at radius 3 is 1.09 bits per heavy atom. The van der Waals surface area contributed by atoms with Gasteiger partial charge >= 0.3 is 23.9 Å². The van der Waals surface area contributed by atoms with Gasteiger partial charge in [0.2, 0.25) is 0 Å². The number of H-pyrrole nitrogens is 2. The molecule has 2 N–H and O–H groups in total. The predicted molar refractivity (Wildman–Crippen MR) is 214 cm³/mol. The number of nitrogens with one attached hydrogen (secondary N) is 2. The molecule has 0 radical (unpaired) electrons. The van der Waals surface area contributed by atoms with Crippen molar-refractivity contribution in [2.24, 2.45) is 10.8 Å². The van der Waals surface area contributed by atoms with Gasteiger partial charge in [-0.25, -0.2) is 9.97 Å². The van der Waals surface area contributed by atoms with Gasteiger partial charge in [0.15, 0.2) is 10.8 Å². The van der Waals surface area contributed by atoms with Crippen LogP contribution in [-0.2, 0) is 63.8 Å². The van der Waals surface area contributed by atoms with Crippen LogP contribution in [0.1, 0.15) is 49.9 Å². The van der Waals surface area contributed by atoms with Crippen LogP contribution in [0.2, 0.25) is 0 Å². The zero-order valence-corrected chi connectivity index (χ0v) is 36.0. The first-order valence-corrected chi connectivity index (χ1v) is 20.6. The Balaban J connectivity index is 1.60. The van der Waals surface area contributed by atoms with Crippen LogP contribution in [-0.4, -0.2) is 70.2 Å². The van der Waals surface area contributed by atoms with Crippen LogP contribution < -0.4 is 0 Å². The van der Waals surface area contributed by atoms with Gasteiger partial charge in [-0.15, -0.1) is 0 Å². The van der Waals surface area contributed by atoms with Gasteiger partial charge in [0.05, 0.1) is 48.5 Å². The van der Waals surface area contributed by atoms with Crippen LogP contribution in [0.15, 0.2) is 42.2 Å². The Labute approximate surface area is 343 Å². The quantitative estimate of drug-likeness (QED) is 0.0792. The third kappa shape index (κ3) is 6.20. The van der Waals surface area contributed by atoms with Crippen molar-refractivity contribution in [3.05, 3.63) is 64.4 Å². The summed E-state index contributed by atoms with van der Waals surface area (Å²) >= 11 is 14.3. The van der Waals surface area contributed by atoms with Gasteiger partial charge in [0.1, 0.15) is 11.6 Å². The van der Waals surface area contributed by atoms with Crippen LogP contribution in [0.5, 0.6) is 0 Å². The van der Waals surface area contributed by atoms with Gasteiger partial charge < -0.3 is 28.9 Å². The number of nitrogens with zero attached hydrogens (tertiary/aromatic N) is 2. The van der Waals surface area contributed by atoms with Crippen molar-refractivity contribution in [3.63, 3.8) is 0 Å². The molecule has 0 fully saturated rings. The normalized spacial score (nSPS) is 15.3. The highest BCUT2D eigenvalue weighted by atomic mass is 79.9. The largest absolute Gasteiger partial charge is 0.465 e. The molecule has 2 aromatic heterocycles. The van der Waals surface area contributed by atoms with E-state index in [1.54, 1.807) is 27.7 Å². The van der Waals surface area contributed by atoms with Crippen molar-refractivity contribution in [1.82, 2.24) is 19.9 Å². The molecule has 0 saturated heterocycles. The second-order valence-electron chi connectivity index (χ2n) is 13.2. The molecule has 7 rings (SSSR count). The highest BCUT2D eigenvalue weighted by molar-refractivity contribution is 9.13. The molecular weight excluding hydrogens is 960 g/mol. The van der Waals surface area contributed by atoms with Crippen molar-refractivity contribution in [3.8, 4) is 22.8 Å². The van der Waals surface area contributed by atoms with Crippen LogP contribution in [0.25, 0.3) is 44.8 Å². The van der Waals surface area contributed by atoms with Crippen LogP contribution in [0.3, 0.4) is 0 Å². The van der Waals surface area contributed by atoms with Gasteiger partial charge in [0, 0.05) is 54.7 Å². The van der Waals surface area contributed by atoms with E-state index in [2.05, 4.69) is 73.7 Å². The van der Waals surface area contributed by atoms with E-state index in [1.165, 1.54) is 0 Å². The van der Waals surface area contributed by atoms with Gasteiger partial charge in [-0.1, -0.05) is 0 Å². The molecule has 0 unspecified atom stereocenters. The maximum atomic E-state index is 14.0. The Hall–Kier alpha value is -3.60. The summed E-state index contributed by atoms with van der Waals surface area (Å²) in [5.74, 6) is -1.98. The average molecular weight is 994 g/mol. The lowest BCUT2D eigenvalue weighted by Gasteiger charge is -2.25. The molecule has 0 saturated carbocycles. The Morgan fingerprint density at radius 1 is 0.537 bits per heavy atom. The fourth-order valence-electron chi connectivity index (χ4n) is 7.72. The second-order valence-corrected chi connectivity index (χ2v) is 16.6. The Kier molecular flexibility index (Phi) is 10.6. The number of hydrogen-bond donors (Lipinski definition) is 2. The molecule has 2 aliphatic rings. The molecule has 0 amide bonds. The molecule has 282 valence electrons. The molecule has 0 aliphatic heterocycles. The van der Waals surface area contributed by atoms with Crippen molar-refractivity contribution in [2.75, 3.05) is 26.4 Å². The maximum Gasteiger partial charge on any atom is 0.324 e. The van der Waals surface area contributed by atoms with Gasteiger partial charge in [0.25, 0.3) is 0 Å². The number of aromatic amines is 2. The summed E-state index contributed by atoms with van der Waals surface area (Å²) in [6.07, 6.45) is -0.376. The number of carbonyl (C=O) groups is 4. The molecule has 54 heavy (non-hydrogen) atoms. The number of rotatable bonds is 10. The minimum absolute atomic E-state index is 0.0504. The summed E-state index contributed by atoms with van der Waals surface area (Å²) in [5.41, 5.74) is 2.84. The lowest BCUT2D eigenvalue weighted by atomic mass is 9.82. The summed E-state index contributed by atoms with van der Waals surface area (Å²) < 4.78 is 25.5. The average Bonchev–Trinajstić information content (AvgIpc) is 3.91. The molecule has 0 atom stereocenters. The van der Waals surface area contributed by atoms with Gasteiger partial charge in [-0.05, 0) is 138 Å².